The predicted molar refractivity (Wildman–Crippen MR) is 66.3 cm³/mol. The average molecular weight is 249 g/mol. The maximum atomic E-state index is 13.4. The highest BCUT2D eigenvalue weighted by molar-refractivity contribution is 6.45. The number of amidine groups is 1. The number of nitrogens with zero attached hydrogens (tertiary/aromatic N) is 2. The molecule has 0 aliphatic rings. The summed E-state index contributed by atoms with van der Waals surface area (Å²) in [6.45, 7) is 1.60. The van der Waals surface area contributed by atoms with Crippen molar-refractivity contribution in [3.63, 3.8) is 0 Å². The lowest BCUT2D eigenvalue weighted by Crippen LogP contribution is -2.21. The zero-order valence-corrected chi connectivity index (χ0v) is 9.91. The minimum absolute atomic E-state index is 0.245. The number of methoxy groups -OCH3 is 1. The number of rotatable bonds is 4. The van der Waals surface area contributed by atoms with Crippen molar-refractivity contribution in [1.29, 1.82) is 10.7 Å². The second kappa shape index (κ2) is 5.63. The first-order chi connectivity index (χ1) is 8.49. The van der Waals surface area contributed by atoms with Gasteiger partial charge in [0.2, 0.25) is 5.71 Å². The molecule has 0 aliphatic heterocycles. The Hall–Kier alpha value is -2.62. The Morgan fingerprint density at radius 3 is 2.78 bits per heavy atom. The summed E-state index contributed by atoms with van der Waals surface area (Å²) in [4.78, 5) is 0. The van der Waals surface area contributed by atoms with Gasteiger partial charge in [-0.2, -0.15) is 10.4 Å². The molecule has 18 heavy (non-hydrogen) atoms. The molecule has 0 amide bonds. The van der Waals surface area contributed by atoms with Crippen LogP contribution in [0.25, 0.3) is 0 Å². The van der Waals surface area contributed by atoms with Crippen molar-refractivity contribution in [1.82, 2.24) is 0 Å². The van der Waals surface area contributed by atoms with Crippen LogP contribution in [0.1, 0.15) is 5.56 Å². The van der Waals surface area contributed by atoms with Crippen LogP contribution in [0.5, 0.6) is 5.75 Å². The van der Waals surface area contributed by atoms with E-state index in [9.17, 15) is 4.39 Å². The van der Waals surface area contributed by atoms with Crippen LogP contribution in [0.2, 0.25) is 0 Å². The normalized spacial score (nSPS) is 10.7. The predicted octanol–water partition coefficient (Wildman–Crippen LogP) is 1.37. The molecule has 1 aromatic carbocycles. The van der Waals surface area contributed by atoms with Gasteiger partial charge in [0, 0.05) is 6.07 Å². The molecule has 0 atom stereocenters. The molecule has 0 aliphatic carbocycles. The number of ether oxygens (including phenoxy) is 1. The highest BCUT2D eigenvalue weighted by Crippen LogP contribution is 2.27. The number of halogens is 1. The minimum Gasteiger partial charge on any atom is -0.495 e. The maximum Gasteiger partial charge on any atom is 0.201 e. The van der Waals surface area contributed by atoms with Gasteiger partial charge in [0.25, 0.3) is 0 Å². The van der Waals surface area contributed by atoms with Crippen LogP contribution in [0.4, 0.5) is 10.1 Å². The quantitative estimate of drug-likeness (QED) is 0.425. The molecule has 0 radical (unpaired) electrons. The average Bonchev–Trinajstić information content (AvgIpc) is 2.33. The van der Waals surface area contributed by atoms with Crippen LogP contribution in [-0.2, 0) is 0 Å². The van der Waals surface area contributed by atoms with E-state index in [4.69, 9.17) is 21.1 Å². The van der Waals surface area contributed by atoms with Crippen LogP contribution >= 0.6 is 0 Å². The lowest BCUT2D eigenvalue weighted by molar-refractivity contribution is 0.415. The van der Waals surface area contributed by atoms with Crippen LogP contribution in [0.3, 0.4) is 0 Å². The van der Waals surface area contributed by atoms with Crippen LogP contribution < -0.4 is 15.9 Å². The van der Waals surface area contributed by atoms with Gasteiger partial charge in [-0.15, -0.1) is 0 Å². The van der Waals surface area contributed by atoms with Crippen LogP contribution in [0.15, 0.2) is 17.2 Å². The maximum absolute atomic E-state index is 13.4. The molecule has 1 aromatic rings. The largest absolute Gasteiger partial charge is 0.495 e. The molecular formula is C11H12FN5O. The van der Waals surface area contributed by atoms with Crippen molar-refractivity contribution in [3.8, 4) is 11.8 Å². The smallest absolute Gasteiger partial charge is 0.201 e. The number of nitriles is 1. The third kappa shape index (κ3) is 2.95. The first-order valence-electron chi connectivity index (χ1n) is 4.92. The lowest BCUT2D eigenvalue weighted by Gasteiger charge is -2.09. The first-order valence-corrected chi connectivity index (χ1v) is 4.92. The van der Waals surface area contributed by atoms with Crippen LogP contribution in [0, 0.1) is 29.5 Å². The van der Waals surface area contributed by atoms with E-state index in [1.165, 1.54) is 19.2 Å². The summed E-state index contributed by atoms with van der Waals surface area (Å²) in [5.41, 5.74) is 7.94. The molecular weight excluding hydrogens is 237 g/mol. The van der Waals surface area contributed by atoms with E-state index in [1.807, 2.05) is 0 Å². The number of nitrogens with one attached hydrogen (secondary N) is 2. The Bertz CT molecular complexity index is 547. The molecule has 0 spiro atoms. The van der Waals surface area contributed by atoms with E-state index < -0.39 is 11.7 Å². The highest BCUT2D eigenvalue weighted by Gasteiger charge is 2.08. The standard InChI is InChI=1S/C11H12FN5O/c1-6-3-10(18-2)8(4-7(6)12)16-17-9(5-13)11(14)15/h3-4,16H,1-2H3,(H3,14,15)/b17-9+. The third-order valence-electron chi connectivity index (χ3n) is 2.13. The number of aryl methyl sites for hydroxylation is 1. The van der Waals surface area contributed by atoms with Crippen molar-refractivity contribution in [2.75, 3.05) is 12.5 Å². The molecule has 0 fully saturated rings. The van der Waals surface area contributed by atoms with Gasteiger partial charge < -0.3 is 10.5 Å². The van der Waals surface area contributed by atoms with Gasteiger partial charge in [0.1, 0.15) is 23.3 Å². The Balaban J connectivity index is 3.08. The van der Waals surface area contributed by atoms with Gasteiger partial charge in [-0.05, 0) is 18.6 Å². The van der Waals surface area contributed by atoms with E-state index in [-0.39, 0.29) is 11.4 Å². The SMILES string of the molecule is COc1cc(C)c(F)cc1N/N=C(\C#N)C(=N)N. The fraction of sp³-hybridized carbons (Fsp3) is 0.182. The van der Waals surface area contributed by atoms with Crippen molar-refractivity contribution < 1.29 is 9.13 Å². The summed E-state index contributed by atoms with van der Waals surface area (Å²) < 4.78 is 18.4. The van der Waals surface area contributed by atoms with E-state index in [1.54, 1.807) is 13.0 Å². The molecule has 0 bridgehead atoms. The molecule has 6 nitrogen and oxygen atoms in total. The first kappa shape index (κ1) is 13.4. The summed E-state index contributed by atoms with van der Waals surface area (Å²) in [7, 11) is 1.43. The second-order valence-electron chi connectivity index (χ2n) is 3.40. The lowest BCUT2D eigenvalue weighted by atomic mass is 10.2. The number of nitrogens with two attached hydrogens (primary N) is 1. The van der Waals surface area contributed by atoms with E-state index in [0.29, 0.717) is 11.3 Å². The summed E-state index contributed by atoms with van der Waals surface area (Å²) in [6, 6.07) is 4.32. The zero-order chi connectivity index (χ0) is 13.7. The third-order valence-corrected chi connectivity index (χ3v) is 2.13. The van der Waals surface area contributed by atoms with Crippen molar-refractivity contribution in [2.24, 2.45) is 10.8 Å². The number of anilines is 1. The summed E-state index contributed by atoms with van der Waals surface area (Å²) in [6.07, 6.45) is 0. The molecule has 0 saturated heterocycles. The summed E-state index contributed by atoms with van der Waals surface area (Å²) in [5.74, 6) is -0.537. The van der Waals surface area contributed by atoms with Gasteiger partial charge in [0.05, 0.1) is 7.11 Å². The van der Waals surface area contributed by atoms with Gasteiger partial charge in [-0.25, -0.2) is 4.39 Å². The topological polar surface area (TPSA) is 107 Å². The molecule has 1 rings (SSSR count). The number of hydrogen-bond acceptors (Lipinski definition) is 5. The van der Waals surface area contributed by atoms with Gasteiger partial charge in [0.15, 0.2) is 5.84 Å². The number of benzene rings is 1. The van der Waals surface area contributed by atoms with Gasteiger partial charge in [-0.1, -0.05) is 0 Å². The number of hydrogen-bond donors (Lipinski definition) is 3. The Kier molecular flexibility index (Phi) is 4.21. The van der Waals surface area contributed by atoms with Crippen molar-refractivity contribution in [3.05, 3.63) is 23.5 Å². The molecule has 7 heteroatoms. The van der Waals surface area contributed by atoms with E-state index in [2.05, 4.69) is 10.5 Å². The molecule has 0 heterocycles. The van der Waals surface area contributed by atoms with Crippen molar-refractivity contribution >= 4 is 17.2 Å². The van der Waals surface area contributed by atoms with Crippen LogP contribution in [-0.4, -0.2) is 18.7 Å². The summed E-state index contributed by atoms with van der Waals surface area (Å²) in [5, 5.41) is 19.3. The fourth-order valence-corrected chi connectivity index (χ4v) is 1.17. The van der Waals surface area contributed by atoms with Gasteiger partial charge >= 0.3 is 0 Å². The molecule has 0 aromatic heterocycles. The molecule has 0 unspecified atom stereocenters. The minimum atomic E-state index is -0.475. The van der Waals surface area contributed by atoms with Gasteiger partial charge in [-0.3, -0.25) is 10.8 Å². The molecule has 0 saturated carbocycles. The van der Waals surface area contributed by atoms with E-state index >= 15 is 0 Å². The molecule has 94 valence electrons. The monoisotopic (exact) mass is 249 g/mol. The summed E-state index contributed by atoms with van der Waals surface area (Å²) >= 11 is 0. The molecule has 4 N–H and O–H groups in total. The fourth-order valence-electron chi connectivity index (χ4n) is 1.17. The zero-order valence-electron chi connectivity index (χ0n) is 9.91. The van der Waals surface area contributed by atoms with Crippen molar-refractivity contribution in [2.45, 2.75) is 6.92 Å². The second-order valence-corrected chi connectivity index (χ2v) is 3.40. The Labute approximate surface area is 103 Å². The Morgan fingerprint density at radius 1 is 1.61 bits per heavy atom. The highest BCUT2D eigenvalue weighted by atomic mass is 19.1. The number of hydrazone groups is 1. The van der Waals surface area contributed by atoms with E-state index in [0.717, 1.165) is 0 Å². The Morgan fingerprint density at radius 2 is 2.28 bits per heavy atom.